The van der Waals surface area contributed by atoms with Crippen LogP contribution in [0.3, 0.4) is 0 Å². The summed E-state index contributed by atoms with van der Waals surface area (Å²) in [5.74, 6) is -0.788. The predicted molar refractivity (Wildman–Crippen MR) is 54.0 cm³/mol. The fourth-order valence-electron chi connectivity index (χ4n) is 1.02. The molecule has 5 nitrogen and oxygen atoms in total. The lowest BCUT2D eigenvalue weighted by atomic mass is 10.1. The second-order valence-corrected chi connectivity index (χ2v) is 3.63. The first-order valence-electron chi connectivity index (χ1n) is 4.33. The van der Waals surface area contributed by atoms with Gasteiger partial charge in [0, 0.05) is 0 Å². The van der Waals surface area contributed by atoms with Gasteiger partial charge in [0.2, 0.25) is 0 Å². The number of halogens is 1. The number of hydrogen-bond donors (Lipinski definition) is 2. The smallest absolute Gasteiger partial charge is 0.338 e. The van der Waals surface area contributed by atoms with Gasteiger partial charge in [-0.1, -0.05) is 0 Å². The van der Waals surface area contributed by atoms with Crippen LogP contribution in [-0.4, -0.2) is 28.9 Å². The van der Waals surface area contributed by atoms with E-state index in [0.29, 0.717) is 4.47 Å². The minimum Gasteiger partial charge on any atom is -0.465 e. The average Bonchev–Trinajstić information content (AvgIpc) is 2.62. The molecule has 0 aliphatic rings. The van der Waals surface area contributed by atoms with Gasteiger partial charge in [0.25, 0.3) is 0 Å². The van der Waals surface area contributed by atoms with Crippen LogP contribution in [0, 0.1) is 0 Å². The Morgan fingerprint density at radius 2 is 2.33 bits per heavy atom. The molecule has 0 aliphatic carbocycles. The van der Waals surface area contributed by atoms with Gasteiger partial charge in [0.1, 0.15) is 11.9 Å². The summed E-state index contributed by atoms with van der Waals surface area (Å²) in [5, 5.41) is 19.0. The number of carbonyl (C=O) groups excluding carboxylic acids is 1. The van der Waals surface area contributed by atoms with Crippen LogP contribution in [0.1, 0.15) is 18.8 Å². The summed E-state index contributed by atoms with van der Waals surface area (Å²) in [6.07, 6.45) is -1.75. The van der Waals surface area contributed by atoms with Gasteiger partial charge in [0.15, 0.2) is 6.10 Å². The van der Waals surface area contributed by atoms with Crippen molar-refractivity contribution in [3.8, 4) is 0 Å². The number of ether oxygens (including phenoxy) is 1. The van der Waals surface area contributed by atoms with Crippen molar-refractivity contribution in [2.24, 2.45) is 0 Å². The second-order valence-electron chi connectivity index (χ2n) is 2.77. The number of furan rings is 1. The molecule has 15 heavy (non-hydrogen) atoms. The summed E-state index contributed by atoms with van der Waals surface area (Å²) in [4.78, 5) is 11.1. The maximum atomic E-state index is 11.1. The molecule has 1 heterocycles. The van der Waals surface area contributed by atoms with Crippen LogP contribution < -0.4 is 0 Å². The molecule has 84 valence electrons. The Labute approximate surface area is 94.8 Å². The standard InChI is InChI=1S/C9H11BrO5/c1-2-14-9(13)7(12)6(11)8-5(10)3-4-15-8/h3-4,6-7,11-12H,2H2,1H3. The van der Waals surface area contributed by atoms with Crippen LogP contribution in [0.15, 0.2) is 21.2 Å². The van der Waals surface area contributed by atoms with Crippen LogP contribution in [0.4, 0.5) is 0 Å². The monoisotopic (exact) mass is 278 g/mol. The van der Waals surface area contributed by atoms with E-state index in [-0.39, 0.29) is 12.4 Å². The quantitative estimate of drug-likeness (QED) is 0.804. The number of aliphatic hydroxyl groups excluding tert-OH is 2. The van der Waals surface area contributed by atoms with Crippen molar-refractivity contribution in [1.82, 2.24) is 0 Å². The molecule has 1 rings (SSSR count). The van der Waals surface area contributed by atoms with Gasteiger partial charge < -0.3 is 19.4 Å². The highest BCUT2D eigenvalue weighted by molar-refractivity contribution is 9.10. The van der Waals surface area contributed by atoms with E-state index in [1.807, 2.05) is 0 Å². The van der Waals surface area contributed by atoms with Crippen molar-refractivity contribution in [2.45, 2.75) is 19.1 Å². The van der Waals surface area contributed by atoms with Crippen molar-refractivity contribution < 1.29 is 24.2 Å². The lowest BCUT2D eigenvalue weighted by Crippen LogP contribution is -2.29. The molecule has 1 aromatic heterocycles. The third kappa shape index (κ3) is 2.80. The largest absolute Gasteiger partial charge is 0.465 e. The molecule has 0 amide bonds. The van der Waals surface area contributed by atoms with Crippen molar-refractivity contribution >= 4 is 21.9 Å². The first-order chi connectivity index (χ1) is 7.07. The van der Waals surface area contributed by atoms with Crippen molar-refractivity contribution in [3.05, 3.63) is 22.6 Å². The van der Waals surface area contributed by atoms with E-state index in [1.54, 1.807) is 13.0 Å². The Kier molecular flexibility index (Phi) is 4.31. The molecule has 6 heteroatoms. The zero-order valence-electron chi connectivity index (χ0n) is 8.01. The van der Waals surface area contributed by atoms with Crippen molar-refractivity contribution in [3.63, 3.8) is 0 Å². The molecule has 2 atom stereocenters. The summed E-state index contributed by atoms with van der Waals surface area (Å²) in [6.45, 7) is 1.75. The number of carbonyl (C=O) groups is 1. The third-order valence-electron chi connectivity index (χ3n) is 1.74. The van der Waals surface area contributed by atoms with Gasteiger partial charge in [0.05, 0.1) is 17.3 Å². The number of esters is 1. The van der Waals surface area contributed by atoms with Gasteiger partial charge in [-0.3, -0.25) is 0 Å². The van der Waals surface area contributed by atoms with E-state index in [0.717, 1.165) is 0 Å². The topological polar surface area (TPSA) is 79.9 Å². The second kappa shape index (κ2) is 5.29. The molecule has 0 saturated carbocycles. The van der Waals surface area contributed by atoms with Crippen LogP contribution >= 0.6 is 15.9 Å². The van der Waals surface area contributed by atoms with Crippen molar-refractivity contribution in [1.29, 1.82) is 0 Å². The minimum atomic E-state index is -1.65. The Hall–Kier alpha value is -0.850. The summed E-state index contributed by atoms with van der Waals surface area (Å²) >= 11 is 3.11. The molecule has 0 aromatic carbocycles. The number of hydrogen-bond acceptors (Lipinski definition) is 5. The number of rotatable bonds is 4. The maximum absolute atomic E-state index is 11.1. The molecule has 0 fully saturated rings. The first kappa shape index (κ1) is 12.2. The normalized spacial score (nSPS) is 14.7. The SMILES string of the molecule is CCOC(=O)C(O)C(O)c1occc1Br. The molecule has 0 radical (unpaired) electrons. The molecule has 0 bridgehead atoms. The van der Waals surface area contributed by atoms with Gasteiger partial charge >= 0.3 is 5.97 Å². The zero-order chi connectivity index (χ0) is 11.4. The highest BCUT2D eigenvalue weighted by Crippen LogP contribution is 2.26. The van der Waals surface area contributed by atoms with E-state index in [9.17, 15) is 15.0 Å². The average molecular weight is 279 g/mol. The Bertz CT molecular complexity index is 335. The van der Waals surface area contributed by atoms with Gasteiger partial charge in [-0.25, -0.2) is 4.79 Å². The Morgan fingerprint density at radius 1 is 1.67 bits per heavy atom. The lowest BCUT2D eigenvalue weighted by Gasteiger charge is -2.14. The van der Waals surface area contributed by atoms with E-state index in [4.69, 9.17) is 4.42 Å². The molecule has 2 unspecified atom stereocenters. The fourth-order valence-corrected chi connectivity index (χ4v) is 1.45. The Balaban J connectivity index is 2.72. The van der Waals surface area contributed by atoms with Crippen LogP contribution in [0.5, 0.6) is 0 Å². The highest BCUT2D eigenvalue weighted by Gasteiger charge is 2.30. The van der Waals surface area contributed by atoms with Crippen LogP contribution in [0.2, 0.25) is 0 Å². The van der Waals surface area contributed by atoms with Crippen molar-refractivity contribution in [2.75, 3.05) is 6.61 Å². The minimum absolute atomic E-state index is 0.0931. The maximum Gasteiger partial charge on any atom is 0.338 e. The highest BCUT2D eigenvalue weighted by atomic mass is 79.9. The summed E-state index contributed by atoms with van der Waals surface area (Å²) in [7, 11) is 0. The molecular weight excluding hydrogens is 268 g/mol. The summed E-state index contributed by atoms with van der Waals surface area (Å²) < 4.78 is 9.95. The van der Waals surface area contributed by atoms with E-state index in [1.165, 1.54) is 6.26 Å². The molecule has 0 saturated heterocycles. The third-order valence-corrected chi connectivity index (χ3v) is 2.40. The van der Waals surface area contributed by atoms with E-state index < -0.39 is 18.2 Å². The molecule has 1 aromatic rings. The summed E-state index contributed by atoms with van der Waals surface area (Å²) in [5.41, 5.74) is 0. The summed E-state index contributed by atoms with van der Waals surface area (Å²) in [6, 6.07) is 1.55. The molecule has 2 N–H and O–H groups in total. The van der Waals surface area contributed by atoms with Gasteiger partial charge in [-0.2, -0.15) is 0 Å². The first-order valence-corrected chi connectivity index (χ1v) is 5.12. The van der Waals surface area contributed by atoms with E-state index in [2.05, 4.69) is 20.7 Å². The molecule has 0 aliphatic heterocycles. The molecule has 0 spiro atoms. The zero-order valence-corrected chi connectivity index (χ0v) is 9.60. The van der Waals surface area contributed by atoms with E-state index >= 15 is 0 Å². The van der Waals surface area contributed by atoms with Gasteiger partial charge in [-0.15, -0.1) is 0 Å². The molecular formula is C9H11BrO5. The predicted octanol–water partition coefficient (Wildman–Crippen LogP) is 1.000. The fraction of sp³-hybridized carbons (Fsp3) is 0.444. The van der Waals surface area contributed by atoms with Gasteiger partial charge in [-0.05, 0) is 28.9 Å². The lowest BCUT2D eigenvalue weighted by molar-refractivity contribution is -0.160. The number of aliphatic hydroxyl groups is 2. The van der Waals surface area contributed by atoms with Crippen LogP contribution in [0.25, 0.3) is 0 Å². The Morgan fingerprint density at radius 3 is 2.80 bits per heavy atom. The van der Waals surface area contributed by atoms with Crippen LogP contribution in [-0.2, 0) is 9.53 Å².